The Labute approximate surface area is 174 Å². The standard InChI is InChI=1S/C19H17ClF3NO6/c1-27-14-8-16(29-3)15(28-2)7-11(14)18(26)30-9-17(25)24-10-4-5-13(20)12(6-10)19(21,22)23/h4-8H,9H2,1-3H3,(H,24,25). The van der Waals surface area contributed by atoms with E-state index in [2.05, 4.69) is 5.32 Å². The third-order valence-electron chi connectivity index (χ3n) is 3.82. The zero-order valence-electron chi connectivity index (χ0n) is 16.1. The summed E-state index contributed by atoms with van der Waals surface area (Å²) in [5.41, 5.74) is -1.29. The van der Waals surface area contributed by atoms with Gasteiger partial charge in [-0.15, -0.1) is 0 Å². The molecule has 0 spiro atoms. The van der Waals surface area contributed by atoms with E-state index >= 15 is 0 Å². The molecular weight excluding hydrogens is 431 g/mol. The minimum atomic E-state index is -4.69. The minimum Gasteiger partial charge on any atom is -0.496 e. The Morgan fingerprint density at radius 3 is 2.13 bits per heavy atom. The van der Waals surface area contributed by atoms with Crippen LogP contribution in [0.5, 0.6) is 17.2 Å². The molecule has 0 saturated carbocycles. The number of anilines is 1. The Kier molecular flexibility index (Phi) is 7.38. The number of nitrogens with one attached hydrogen (secondary N) is 1. The predicted molar refractivity (Wildman–Crippen MR) is 101 cm³/mol. The molecule has 162 valence electrons. The molecule has 30 heavy (non-hydrogen) atoms. The van der Waals surface area contributed by atoms with E-state index in [-0.39, 0.29) is 22.7 Å². The van der Waals surface area contributed by atoms with Crippen LogP contribution in [0, 0.1) is 0 Å². The van der Waals surface area contributed by atoms with Crippen molar-refractivity contribution in [3.8, 4) is 17.2 Å². The van der Waals surface area contributed by atoms with Crippen LogP contribution in [0.1, 0.15) is 15.9 Å². The second-order valence-electron chi connectivity index (χ2n) is 5.72. The number of alkyl halides is 3. The van der Waals surface area contributed by atoms with E-state index in [1.54, 1.807) is 0 Å². The van der Waals surface area contributed by atoms with E-state index < -0.39 is 35.2 Å². The number of rotatable bonds is 7. The van der Waals surface area contributed by atoms with Crippen LogP contribution >= 0.6 is 11.6 Å². The molecule has 2 aromatic carbocycles. The number of benzene rings is 2. The highest BCUT2D eigenvalue weighted by Gasteiger charge is 2.33. The third-order valence-corrected chi connectivity index (χ3v) is 4.15. The minimum absolute atomic E-state index is 0.0335. The first-order valence-corrected chi connectivity index (χ1v) is 8.62. The molecule has 11 heteroatoms. The van der Waals surface area contributed by atoms with Gasteiger partial charge in [-0.3, -0.25) is 4.79 Å². The number of esters is 1. The van der Waals surface area contributed by atoms with E-state index in [0.29, 0.717) is 11.8 Å². The summed E-state index contributed by atoms with van der Waals surface area (Å²) in [6.07, 6.45) is -4.69. The monoisotopic (exact) mass is 447 g/mol. The van der Waals surface area contributed by atoms with Gasteiger partial charge in [-0.25, -0.2) is 4.79 Å². The molecule has 0 aliphatic carbocycles. The lowest BCUT2D eigenvalue weighted by atomic mass is 10.1. The van der Waals surface area contributed by atoms with E-state index in [1.807, 2.05) is 0 Å². The van der Waals surface area contributed by atoms with Gasteiger partial charge in [0.1, 0.15) is 11.3 Å². The summed E-state index contributed by atoms with van der Waals surface area (Å²) >= 11 is 5.53. The van der Waals surface area contributed by atoms with Crippen LogP contribution in [0.3, 0.4) is 0 Å². The molecule has 7 nitrogen and oxygen atoms in total. The summed E-state index contributed by atoms with van der Waals surface area (Å²) in [4.78, 5) is 24.3. The van der Waals surface area contributed by atoms with E-state index in [9.17, 15) is 22.8 Å². The highest BCUT2D eigenvalue weighted by Crippen LogP contribution is 2.36. The zero-order chi connectivity index (χ0) is 22.5. The summed E-state index contributed by atoms with van der Waals surface area (Å²) in [6, 6.07) is 5.59. The second-order valence-corrected chi connectivity index (χ2v) is 6.13. The first-order valence-electron chi connectivity index (χ1n) is 8.24. The Hall–Kier alpha value is -3.14. The molecule has 1 N–H and O–H groups in total. The number of hydrogen-bond acceptors (Lipinski definition) is 6. The van der Waals surface area contributed by atoms with Crippen molar-refractivity contribution in [2.24, 2.45) is 0 Å². The molecular formula is C19H17ClF3NO6. The number of halogens is 4. The van der Waals surface area contributed by atoms with Crippen LogP contribution in [0.15, 0.2) is 30.3 Å². The lowest BCUT2D eigenvalue weighted by Gasteiger charge is -2.14. The zero-order valence-corrected chi connectivity index (χ0v) is 16.8. The van der Waals surface area contributed by atoms with Gasteiger partial charge >= 0.3 is 12.1 Å². The van der Waals surface area contributed by atoms with Crippen molar-refractivity contribution in [3.63, 3.8) is 0 Å². The third kappa shape index (κ3) is 5.47. The quantitative estimate of drug-likeness (QED) is 0.641. The van der Waals surface area contributed by atoms with Gasteiger partial charge in [-0.2, -0.15) is 13.2 Å². The van der Waals surface area contributed by atoms with Gasteiger partial charge in [-0.1, -0.05) is 11.6 Å². The van der Waals surface area contributed by atoms with E-state index in [4.69, 9.17) is 30.5 Å². The first-order chi connectivity index (χ1) is 14.1. The van der Waals surface area contributed by atoms with Gasteiger partial charge in [0.15, 0.2) is 18.1 Å². The van der Waals surface area contributed by atoms with Gasteiger partial charge in [0.2, 0.25) is 0 Å². The topological polar surface area (TPSA) is 83.1 Å². The van der Waals surface area contributed by atoms with Crippen molar-refractivity contribution in [2.75, 3.05) is 33.3 Å². The maximum Gasteiger partial charge on any atom is 0.417 e. The fourth-order valence-electron chi connectivity index (χ4n) is 2.41. The molecule has 2 rings (SSSR count). The van der Waals surface area contributed by atoms with Crippen molar-refractivity contribution in [3.05, 3.63) is 46.5 Å². The molecule has 0 unspecified atom stereocenters. The summed E-state index contributed by atoms with van der Waals surface area (Å²) in [5, 5.41) is 1.70. The van der Waals surface area contributed by atoms with Crippen LogP contribution in [-0.4, -0.2) is 39.8 Å². The molecule has 0 aliphatic heterocycles. The molecule has 0 atom stereocenters. The largest absolute Gasteiger partial charge is 0.496 e. The molecule has 1 amide bonds. The number of methoxy groups -OCH3 is 3. The Morgan fingerprint density at radius 1 is 0.967 bits per heavy atom. The van der Waals surface area contributed by atoms with Gasteiger partial charge in [-0.05, 0) is 18.2 Å². The summed E-state index contributed by atoms with van der Waals surface area (Å²) in [7, 11) is 4.10. The molecule has 0 fully saturated rings. The van der Waals surface area contributed by atoms with Gasteiger partial charge in [0.05, 0.1) is 31.9 Å². The van der Waals surface area contributed by atoms with Crippen molar-refractivity contribution in [1.29, 1.82) is 0 Å². The molecule has 0 heterocycles. The molecule has 0 aliphatic rings. The summed E-state index contributed by atoms with van der Waals surface area (Å²) < 4.78 is 58.9. The first kappa shape index (κ1) is 23.1. The smallest absolute Gasteiger partial charge is 0.417 e. The Balaban J connectivity index is 2.09. The van der Waals surface area contributed by atoms with Crippen LogP contribution in [0.4, 0.5) is 18.9 Å². The van der Waals surface area contributed by atoms with Crippen molar-refractivity contribution in [2.45, 2.75) is 6.18 Å². The summed E-state index contributed by atoms with van der Waals surface area (Å²) in [5.74, 6) is -1.10. The maximum atomic E-state index is 12.9. The normalized spacial score (nSPS) is 10.9. The molecule has 0 aromatic heterocycles. The number of hydrogen-bond donors (Lipinski definition) is 1. The van der Waals surface area contributed by atoms with Gasteiger partial charge in [0, 0.05) is 17.8 Å². The maximum absolute atomic E-state index is 12.9. The number of amides is 1. The predicted octanol–water partition coefficient (Wildman–Crippen LogP) is 4.18. The lowest BCUT2D eigenvalue weighted by molar-refractivity contribution is -0.137. The van der Waals surface area contributed by atoms with Crippen LogP contribution in [0.2, 0.25) is 5.02 Å². The average molecular weight is 448 g/mol. The van der Waals surface area contributed by atoms with Gasteiger partial charge < -0.3 is 24.3 Å². The van der Waals surface area contributed by atoms with Crippen LogP contribution < -0.4 is 19.5 Å². The highest BCUT2D eigenvalue weighted by molar-refractivity contribution is 6.31. The van der Waals surface area contributed by atoms with Crippen molar-refractivity contribution >= 4 is 29.2 Å². The second kappa shape index (κ2) is 9.57. The number of carbonyl (C=O) groups is 2. The van der Waals surface area contributed by atoms with Crippen LogP contribution in [0.25, 0.3) is 0 Å². The fraction of sp³-hybridized carbons (Fsp3) is 0.263. The van der Waals surface area contributed by atoms with E-state index in [0.717, 1.165) is 6.07 Å². The Morgan fingerprint density at radius 2 is 1.57 bits per heavy atom. The van der Waals surface area contributed by atoms with Crippen molar-refractivity contribution < 1.29 is 41.7 Å². The highest BCUT2D eigenvalue weighted by atomic mass is 35.5. The van der Waals surface area contributed by atoms with Crippen LogP contribution in [-0.2, 0) is 15.7 Å². The molecule has 0 bridgehead atoms. The van der Waals surface area contributed by atoms with Crippen molar-refractivity contribution in [1.82, 2.24) is 0 Å². The summed E-state index contributed by atoms with van der Waals surface area (Å²) in [6.45, 7) is -0.750. The number of carbonyl (C=O) groups excluding carboxylic acids is 2. The Bertz CT molecular complexity index is 949. The van der Waals surface area contributed by atoms with E-state index in [1.165, 1.54) is 39.5 Å². The molecule has 0 saturated heterocycles. The average Bonchev–Trinajstić information content (AvgIpc) is 2.71. The molecule has 0 radical (unpaired) electrons. The number of ether oxygens (including phenoxy) is 4. The SMILES string of the molecule is COc1cc(OC)c(C(=O)OCC(=O)Nc2ccc(Cl)c(C(F)(F)F)c2)cc1OC. The molecule has 2 aromatic rings. The van der Waals surface area contributed by atoms with Gasteiger partial charge in [0.25, 0.3) is 5.91 Å². The lowest BCUT2D eigenvalue weighted by Crippen LogP contribution is -2.21. The fourth-order valence-corrected chi connectivity index (χ4v) is 2.64.